The number of aliphatic hydroxyl groups excluding tert-OH is 1. The Balaban J connectivity index is 0.00000161. The van der Waals surface area contributed by atoms with Crippen LogP contribution in [-0.4, -0.2) is 112 Å². The predicted octanol–water partition coefficient (Wildman–Crippen LogP) is 5.57. The quantitative estimate of drug-likeness (QED) is 0.0457. The number of pyridine rings is 1. The summed E-state index contributed by atoms with van der Waals surface area (Å²) in [5.41, 5.74) is 12.3. The maximum Gasteiger partial charge on any atom is 0.254 e. The number of aromatic nitrogens is 2. The van der Waals surface area contributed by atoms with E-state index in [2.05, 4.69) is 113 Å². The maximum absolute atomic E-state index is 13.7. The molecular formula is C48H72N8O6. The first-order chi connectivity index (χ1) is 29.8. The molecular weight excluding hydrogens is 785 g/mol. The molecule has 14 heteroatoms. The smallest absolute Gasteiger partial charge is 0.254 e. The van der Waals surface area contributed by atoms with E-state index in [0.717, 1.165) is 83.2 Å². The number of ether oxygens (including phenoxy) is 1. The van der Waals surface area contributed by atoms with E-state index in [1.165, 1.54) is 5.56 Å². The van der Waals surface area contributed by atoms with Crippen LogP contribution in [0, 0.1) is 17.3 Å². The van der Waals surface area contributed by atoms with Crippen molar-refractivity contribution >= 4 is 42.0 Å². The Kier molecular flexibility index (Phi) is 21.4. The Hall–Kier alpha value is -4.99. The topological polar surface area (TPSA) is 179 Å². The average Bonchev–Trinajstić information content (AvgIpc) is 3.58. The molecule has 1 aliphatic rings. The molecule has 1 saturated heterocycles. The van der Waals surface area contributed by atoms with Crippen molar-refractivity contribution in [3.63, 3.8) is 0 Å². The molecule has 0 spiro atoms. The van der Waals surface area contributed by atoms with Crippen LogP contribution in [0.15, 0.2) is 54.7 Å². The number of likely N-dealkylation sites (N-methyl/N-ethyl adjacent to an activating group) is 1. The summed E-state index contributed by atoms with van der Waals surface area (Å²) in [7, 11) is 5.17. The lowest BCUT2D eigenvalue weighted by molar-refractivity contribution is -0.137. The third-order valence-corrected chi connectivity index (χ3v) is 11.1. The van der Waals surface area contributed by atoms with E-state index in [1.54, 1.807) is 32.3 Å². The third kappa shape index (κ3) is 14.0. The van der Waals surface area contributed by atoms with Gasteiger partial charge in [0.1, 0.15) is 13.1 Å². The lowest BCUT2D eigenvalue weighted by Gasteiger charge is -2.31. The number of amides is 2. The number of nitrogens with zero attached hydrogens (tertiary/aromatic N) is 3. The van der Waals surface area contributed by atoms with Gasteiger partial charge in [-0.25, -0.2) is 5.43 Å². The lowest BCUT2D eigenvalue weighted by Crippen LogP contribution is -2.54. The molecule has 1 fully saturated rings. The van der Waals surface area contributed by atoms with Crippen LogP contribution >= 0.6 is 0 Å². The second kappa shape index (κ2) is 25.8. The van der Waals surface area contributed by atoms with Crippen molar-refractivity contribution in [1.29, 1.82) is 0 Å². The lowest BCUT2D eigenvalue weighted by atomic mass is 9.84. The SMILES string of the molecule is C=O.CCn1c(-c2cccnc2C(C)O)c(CC(C)(C)COC)c2cc(-c3cc(CC(NC)C(=O)N4CCCCN4)cc(NCCNC[C@H](C=O)C(C)C)c3)ccc21.CNC=O. The van der Waals surface area contributed by atoms with Crippen molar-refractivity contribution in [2.45, 2.75) is 85.9 Å². The van der Waals surface area contributed by atoms with Gasteiger partial charge in [0.25, 0.3) is 5.91 Å². The van der Waals surface area contributed by atoms with Crippen molar-refractivity contribution < 1.29 is 29.0 Å². The zero-order chi connectivity index (χ0) is 45.8. The number of carbonyl (C=O) groups excluding carboxylic acids is 4. The summed E-state index contributed by atoms with van der Waals surface area (Å²) >= 11 is 0. The first-order valence-electron chi connectivity index (χ1n) is 21.8. The van der Waals surface area contributed by atoms with Gasteiger partial charge in [0, 0.05) is 87.7 Å². The van der Waals surface area contributed by atoms with E-state index in [4.69, 9.17) is 14.3 Å². The molecule has 14 nitrogen and oxygen atoms in total. The third-order valence-electron chi connectivity index (χ3n) is 11.1. The van der Waals surface area contributed by atoms with Crippen molar-refractivity contribution in [3.8, 4) is 22.4 Å². The van der Waals surface area contributed by atoms with Gasteiger partial charge in [0.2, 0.25) is 6.41 Å². The van der Waals surface area contributed by atoms with Gasteiger partial charge in [-0.1, -0.05) is 39.8 Å². The summed E-state index contributed by atoms with van der Waals surface area (Å²) in [4.78, 5) is 46.9. The molecule has 1 aliphatic heterocycles. The fourth-order valence-electron chi connectivity index (χ4n) is 7.99. The molecule has 6 N–H and O–H groups in total. The van der Waals surface area contributed by atoms with Crippen LogP contribution in [0.1, 0.15) is 77.3 Å². The highest BCUT2D eigenvalue weighted by Crippen LogP contribution is 2.41. The van der Waals surface area contributed by atoms with Crippen molar-refractivity contribution in [3.05, 3.63) is 71.5 Å². The molecule has 2 aromatic heterocycles. The number of hydrazine groups is 1. The van der Waals surface area contributed by atoms with Gasteiger partial charge < -0.3 is 45.3 Å². The number of carbonyl (C=O) groups is 4. The van der Waals surface area contributed by atoms with E-state index in [0.29, 0.717) is 51.3 Å². The standard InChI is InChI=1S/C45H65N7O4.C2H5NO.CH2O/c1-9-51-41-15-14-33(25-38(41)39(26-45(5,6)29-56-8)43(51)37-13-12-16-49-42(37)31(4)54)34-21-32(23-40(46-7)44(55)52-20-11-10-17-50-52)22-36(24-34)48-19-18-47-27-35(28-53)30(2)3;1-3-2-4;1-2/h12-16,21-22,24-25,28,30-31,35,40,46-48,50,54H,9-11,17-20,23,26-27,29H2,1-8H3;2H,1H3,(H,3,4);1H2/t31?,35-,40?;;/m1../s1. The van der Waals surface area contributed by atoms with Gasteiger partial charge in [-0.2, -0.15) is 0 Å². The molecule has 0 radical (unpaired) electrons. The maximum atomic E-state index is 13.7. The predicted molar refractivity (Wildman–Crippen MR) is 250 cm³/mol. The summed E-state index contributed by atoms with van der Waals surface area (Å²) in [6.07, 6.45) is 6.03. The first-order valence-corrected chi connectivity index (χ1v) is 21.8. The summed E-state index contributed by atoms with van der Waals surface area (Å²) < 4.78 is 8.05. The average molecular weight is 857 g/mol. The number of aldehydes is 1. The van der Waals surface area contributed by atoms with Crippen LogP contribution in [0.4, 0.5) is 5.69 Å². The van der Waals surface area contributed by atoms with Gasteiger partial charge in [0.15, 0.2) is 0 Å². The number of nitrogens with one attached hydrogen (secondary N) is 5. The largest absolute Gasteiger partial charge is 0.387 e. The highest BCUT2D eigenvalue weighted by molar-refractivity contribution is 5.95. The second-order valence-corrected chi connectivity index (χ2v) is 16.8. The van der Waals surface area contributed by atoms with E-state index in [9.17, 15) is 14.7 Å². The number of methoxy groups -OCH3 is 1. The van der Waals surface area contributed by atoms with Gasteiger partial charge in [-0.15, -0.1) is 0 Å². The Morgan fingerprint density at radius 3 is 2.39 bits per heavy atom. The molecule has 2 amide bonds. The minimum Gasteiger partial charge on any atom is -0.387 e. The highest BCUT2D eigenvalue weighted by Gasteiger charge is 2.29. The Bertz CT molecular complexity index is 2010. The number of benzene rings is 2. The minimum absolute atomic E-state index is 0.0184. The molecule has 0 aliphatic carbocycles. The fourth-order valence-corrected chi connectivity index (χ4v) is 7.99. The Morgan fingerprint density at radius 1 is 1.05 bits per heavy atom. The Labute approximate surface area is 368 Å². The molecule has 62 heavy (non-hydrogen) atoms. The second-order valence-electron chi connectivity index (χ2n) is 16.8. The number of rotatable bonds is 21. The fraction of sp³-hybridized carbons (Fsp3) is 0.521. The summed E-state index contributed by atoms with van der Waals surface area (Å²) in [5.74, 6) is 0.320. The van der Waals surface area contributed by atoms with Crippen LogP contribution in [0.3, 0.4) is 0 Å². The zero-order valence-electron chi connectivity index (χ0n) is 38.5. The van der Waals surface area contributed by atoms with E-state index >= 15 is 0 Å². The monoisotopic (exact) mass is 857 g/mol. The van der Waals surface area contributed by atoms with Gasteiger partial charge >= 0.3 is 0 Å². The molecule has 3 atom stereocenters. The van der Waals surface area contributed by atoms with Crippen molar-refractivity contribution in [2.75, 3.05) is 65.9 Å². The first kappa shape index (κ1) is 51.4. The number of hydrogen-bond donors (Lipinski definition) is 6. The van der Waals surface area contributed by atoms with Crippen LogP contribution in [0.25, 0.3) is 33.3 Å². The zero-order valence-corrected chi connectivity index (χ0v) is 38.5. The van der Waals surface area contributed by atoms with Crippen LogP contribution in [-0.2, 0) is 43.3 Å². The van der Waals surface area contributed by atoms with Gasteiger partial charge in [-0.3, -0.25) is 19.6 Å². The molecule has 340 valence electrons. The van der Waals surface area contributed by atoms with Crippen LogP contribution < -0.4 is 26.7 Å². The van der Waals surface area contributed by atoms with E-state index in [-0.39, 0.29) is 29.2 Å². The molecule has 3 heterocycles. The molecule has 2 aromatic carbocycles. The Morgan fingerprint density at radius 2 is 1.79 bits per heavy atom. The molecule has 0 saturated carbocycles. The normalized spacial score (nSPS) is 14.2. The number of fused-ring (bicyclic) bond motifs is 1. The molecule has 0 bridgehead atoms. The molecule has 4 aromatic rings. The minimum atomic E-state index is -0.727. The number of anilines is 1. The van der Waals surface area contributed by atoms with E-state index < -0.39 is 6.10 Å². The summed E-state index contributed by atoms with van der Waals surface area (Å²) in [5, 5.41) is 26.4. The van der Waals surface area contributed by atoms with Gasteiger partial charge in [-0.05, 0) is 117 Å². The highest BCUT2D eigenvalue weighted by atomic mass is 16.5. The number of aliphatic hydroxyl groups is 1. The number of aryl methyl sites for hydroxylation is 1. The van der Waals surface area contributed by atoms with Gasteiger partial charge in [0.05, 0.1) is 30.1 Å². The summed E-state index contributed by atoms with van der Waals surface area (Å²) in [6, 6.07) is 16.9. The van der Waals surface area contributed by atoms with Crippen LogP contribution in [0.2, 0.25) is 0 Å². The molecule has 5 rings (SSSR count). The van der Waals surface area contributed by atoms with Crippen molar-refractivity contribution in [1.82, 2.24) is 35.9 Å². The van der Waals surface area contributed by atoms with Crippen molar-refractivity contribution in [2.24, 2.45) is 17.3 Å². The number of hydrogen-bond acceptors (Lipinski definition) is 11. The molecule has 2 unspecified atom stereocenters. The summed E-state index contributed by atoms with van der Waals surface area (Å²) in [6.45, 7) is 19.4. The van der Waals surface area contributed by atoms with E-state index in [1.807, 2.05) is 19.9 Å². The van der Waals surface area contributed by atoms with Crippen LogP contribution in [0.5, 0.6) is 0 Å².